The minimum absolute atomic E-state index is 0.293. The van der Waals surface area contributed by atoms with E-state index in [4.69, 9.17) is 0 Å². The monoisotopic (exact) mass is 332 g/mol. The summed E-state index contributed by atoms with van der Waals surface area (Å²) in [5, 5.41) is 3.77. The third kappa shape index (κ3) is 4.12. The summed E-state index contributed by atoms with van der Waals surface area (Å²) in [5.41, 5.74) is 1.07. The van der Waals surface area contributed by atoms with Gasteiger partial charge in [-0.3, -0.25) is 4.90 Å². The fourth-order valence-electron chi connectivity index (χ4n) is 4.69. The van der Waals surface area contributed by atoms with Crippen molar-refractivity contribution in [2.24, 2.45) is 11.8 Å². The lowest BCUT2D eigenvalue weighted by molar-refractivity contribution is 0.208. The number of alkyl halides is 1. The van der Waals surface area contributed by atoms with Crippen LogP contribution in [0, 0.1) is 11.8 Å². The van der Waals surface area contributed by atoms with Gasteiger partial charge in [0.15, 0.2) is 0 Å². The summed E-state index contributed by atoms with van der Waals surface area (Å²) in [6, 6.07) is 0.937. The molecule has 0 spiro atoms. The van der Waals surface area contributed by atoms with Crippen molar-refractivity contribution in [3.05, 3.63) is 24.3 Å². The molecule has 0 bridgehead atoms. The van der Waals surface area contributed by atoms with Crippen LogP contribution in [-0.4, -0.2) is 46.2 Å². The second-order valence-corrected chi connectivity index (χ2v) is 8.03. The van der Waals surface area contributed by atoms with Crippen molar-refractivity contribution in [3.8, 4) is 0 Å². The number of nitrogens with one attached hydrogen (secondary N) is 1. The molecule has 1 saturated heterocycles. The molecule has 0 aromatic carbocycles. The van der Waals surface area contributed by atoms with Crippen LogP contribution in [0.5, 0.6) is 0 Å². The van der Waals surface area contributed by atoms with Crippen LogP contribution in [0.2, 0.25) is 0 Å². The Kier molecular flexibility index (Phi) is 5.09. The van der Waals surface area contributed by atoms with E-state index < -0.39 is 6.17 Å². The maximum absolute atomic E-state index is 14.0. The van der Waals surface area contributed by atoms with Crippen molar-refractivity contribution in [3.63, 3.8) is 0 Å². The molecule has 1 aromatic heterocycles. The third-order valence-electron chi connectivity index (χ3n) is 6.12. The fraction of sp³-hybridized carbons (Fsp3) is 0.789. The molecule has 2 saturated carbocycles. The summed E-state index contributed by atoms with van der Waals surface area (Å²) in [6.45, 7) is 2.20. The van der Waals surface area contributed by atoms with Gasteiger partial charge >= 0.3 is 0 Å². The van der Waals surface area contributed by atoms with Gasteiger partial charge in [0.05, 0.1) is 0 Å². The van der Waals surface area contributed by atoms with Crippen LogP contribution in [0.4, 0.5) is 4.39 Å². The fourth-order valence-corrected chi connectivity index (χ4v) is 4.69. The first-order valence-electron chi connectivity index (χ1n) is 9.63. The molecule has 0 unspecified atom stereocenters. The van der Waals surface area contributed by atoms with Crippen molar-refractivity contribution in [1.82, 2.24) is 20.2 Å². The van der Waals surface area contributed by atoms with Gasteiger partial charge in [0, 0.05) is 49.7 Å². The van der Waals surface area contributed by atoms with Crippen LogP contribution in [0.3, 0.4) is 0 Å². The summed E-state index contributed by atoms with van der Waals surface area (Å²) in [7, 11) is 0. The molecule has 1 aliphatic heterocycles. The van der Waals surface area contributed by atoms with Gasteiger partial charge in [-0.15, -0.1) is 0 Å². The van der Waals surface area contributed by atoms with E-state index >= 15 is 0 Å². The van der Waals surface area contributed by atoms with Crippen molar-refractivity contribution < 1.29 is 4.39 Å². The maximum Gasteiger partial charge on any atom is 0.115 e. The first-order chi connectivity index (χ1) is 11.8. The average Bonchev–Trinajstić information content (AvgIpc) is 3.39. The van der Waals surface area contributed by atoms with E-state index in [1.165, 1.54) is 38.5 Å². The Hall–Kier alpha value is -1.07. The average molecular weight is 332 g/mol. The molecule has 132 valence electrons. The van der Waals surface area contributed by atoms with Crippen LogP contribution in [-0.2, 0) is 6.54 Å². The van der Waals surface area contributed by atoms with Gasteiger partial charge < -0.3 is 5.32 Å². The molecule has 0 amide bonds. The highest BCUT2D eigenvalue weighted by molar-refractivity contribution is 5.04. The highest BCUT2D eigenvalue weighted by Gasteiger charge is 2.36. The zero-order chi connectivity index (χ0) is 16.4. The first-order valence-corrected chi connectivity index (χ1v) is 9.63. The molecular formula is C19H29FN4. The molecule has 1 aromatic rings. The number of halogens is 1. The quantitative estimate of drug-likeness (QED) is 0.869. The van der Waals surface area contributed by atoms with E-state index in [0.717, 1.165) is 30.5 Å². The van der Waals surface area contributed by atoms with Gasteiger partial charge in [0.2, 0.25) is 0 Å². The second kappa shape index (κ2) is 7.44. The lowest BCUT2D eigenvalue weighted by atomic mass is 9.82. The Morgan fingerprint density at radius 1 is 1.08 bits per heavy atom. The number of likely N-dealkylation sites (tertiary alicyclic amines) is 1. The van der Waals surface area contributed by atoms with Crippen LogP contribution in [0.15, 0.2) is 18.7 Å². The zero-order valence-electron chi connectivity index (χ0n) is 14.4. The van der Waals surface area contributed by atoms with Crippen molar-refractivity contribution in [1.29, 1.82) is 0 Å². The van der Waals surface area contributed by atoms with E-state index in [1.807, 2.05) is 12.4 Å². The smallest absolute Gasteiger partial charge is 0.115 e. The summed E-state index contributed by atoms with van der Waals surface area (Å²) in [5.74, 6) is 1.97. The van der Waals surface area contributed by atoms with Gasteiger partial charge in [-0.2, -0.15) is 0 Å². The summed E-state index contributed by atoms with van der Waals surface area (Å²) in [6.07, 6.45) is 13.5. The van der Waals surface area contributed by atoms with Gasteiger partial charge in [0.1, 0.15) is 12.5 Å². The Morgan fingerprint density at radius 3 is 2.71 bits per heavy atom. The highest BCUT2D eigenvalue weighted by Crippen LogP contribution is 2.43. The summed E-state index contributed by atoms with van der Waals surface area (Å²) >= 11 is 0. The first kappa shape index (κ1) is 16.4. The van der Waals surface area contributed by atoms with E-state index in [1.54, 1.807) is 6.33 Å². The van der Waals surface area contributed by atoms with E-state index in [9.17, 15) is 4.39 Å². The maximum atomic E-state index is 14.0. The van der Waals surface area contributed by atoms with E-state index in [-0.39, 0.29) is 0 Å². The highest BCUT2D eigenvalue weighted by atomic mass is 19.1. The van der Waals surface area contributed by atoms with Gasteiger partial charge in [-0.05, 0) is 43.9 Å². The Morgan fingerprint density at radius 2 is 1.92 bits per heavy atom. The molecule has 24 heavy (non-hydrogen) atoms. The Balaban J connectivity index is 1.29. The molecule has 2 heterocycles. The standard InChI is InChI=1S/C19H29FN4/c20-17-7-19(24(12-17)11-14-8-21-13-22-9-14)10-23-18-3-1-2-16(6-18)15-4-5-15/h8-9,13,15-19,23H,1-7,10-12H2/t16-,17-,18-,19-/m0/s1. The molecule has 4 atom stereocenters. The SMILES string of the molecule is F[C@H]1C[C@@H](CN[C@H]2CCC[C@H](C3CC3)C2)N(Cc2cncnc2)C1. The lowest BCUT2D eigenvalue weighted by Crippen LogP contribution is -2.43. The molecule has 4 rings (SSSR count). The number of hydrogen-bond acceptors (Lipinski definition) is 4. The van der Waals surface area contributed by atoms with Crippen molar-refractivity contribution in [2.45, 2.75) is 69.7 Å². The van der Waals surface area contributed by atoms with Crippen LogP contribution < -0.4 is 5.32 Å². The molecule has 3 fully saturated rings. The van der Waals surface area contributed by atoms with Crippen LogP contribution >= 0.6 is 0 Å². The molecule has 4 nitrogen and oxygen atoms in total. The Labute approximate surface area is 144 Å². The van der Waals surface area contributed by atoms with Crippen molar-refractivity contribution >= 4 is 0 Å². The normalized spacial score (nSPS) is 34.5. The van der Waals surface area contributed by atoms with E-state index in [0.29, 0.717) is 25.0 Å². The van der Waals surface area contributed by atoms with Gasteiger partial charge in [-0.1, -0.05) is 12.8 Å². The van der Waals surface area contributed by atoms with Crippen LogP contribution in [0.25, 0.3) is 0 Å². The number of nitrogens with zero attached hydrogens (tertiary/aromatic N) is 3. The predicted octanol–water partition coefficient (Wildman–Crippen LogP) is 2.95. The lowest BCUT2D eigenvalue weighted by Gasteiger charge is -2.32. The second-order valence-electron chi connectivity index (χ2n) is 8.03. The van der Waals surface area contributed by atoms with Gasteiger partial charge in [0.25, 0.3) is 0 Å². The molecule has 3 aliphatic rings. The largest absolute Gasteiger partial charge is 0.312 e. The summed E-state index contributed by atoms with van der Waals surface area (Å²) in [4.78, 5) is 10.4. The minimum Gasteiger partial charge on any atom is -0.312 e. The third-order valence-corrected chi connectivity index (χ3v) is 6.12. The minimum atomic E-state index is -0.702. The van der Waals surface area contributed by atoms with E-state index in [2.05, 4.69) is 20.2 Å². The zero-order valence-corrected chi connectivity index (χ0v) is 14.4. The molecule has 2 aliphatic carbocycles. The molecule has 0 radical (unpaired) electrons. The molecular weight excluding hydrogens is 303 g/mol. The molecule has 1 N–H and O–H groups in total. The number of rotatable bonds is 6. The number of hydrogen-bond donors (Lipinski definition) is 1. The van der Waals surface area contributed by atoms with Crippen LogP contribution in [0.1, 0.15) is 50.5 Å². The summed E-state index contributed by atoms with van der Waals surface area (Å²) < 4.78 is 14.0. The van der Waals surface area contributed by atoms with Gasteiger partial charge in [-0.25, -0.2) is 14.4 Å². The Bertz CT molecular complexity index is 521. The van der Waals surface area contributed by atoms with Crippen molar-refractivity contribution in [2.75, 3.05) is 13.1 Å². The predicted molar refractivity (Wildman–Crippen MR) is 92.2 cm³/mol. The topological polar surface area (TPSA) is 41.0 Å². The number of aromatic nitrogens is 2. The molecule has 5 heteroatoms.